The molecule has 0 amide bonds. The molecule has 5 nitrogen and oxygen atoms in total. The molecule has 1 unspecified atom stereocenters. The third-order valence-electron chi connectivity index (χ3n) is 3.85. The van der Waals surface area contributed by atoms with Crippen LogP contribution in [0.5, 0.6) is 0 Å². The van der Waals surface area contributed by atoms with Crippen LogP contribution >= 0.6 is 0 Å². The lowest BCUT2D eigenvalue weighted by Crippen LogP contribution is -2.54. The Hall–Kier alpha value is -0.430. The molecule has 0 saturated carbocycles. The van der Waals surface area contributed by atoms with Gasteiger partial charge in [0.1, 0.15) is 0 Å². The molecule has 19 heavy (non-hydrogen) atoms. The van der Waals surface area contributed by atoms with E-state index in [9.17, 15) is 8.42 Å². The Morgan fingerprint density at radius 3 is 2.79 bits per heavy atom. The van der Waals surface area contributed by atoms with Gasteiger partial charge in [-0.3, -0.25) is 0 Å². The third-order valence-corrected chi connectivity index (χ3v) is 5.90. The first-order chi connectivity index (χ1) is 9.16. The maximum absolute atomic E-state index is 12.7. The molecule has 0 aliphatic carbocycles. The van der Waals surface area contributed by atoms with Gasteiger partial charge in [0.15, 0.2) is 0 Å². The maximum Gasteiger partial charge on any atom is 0.282 e. The van der Waals surface area contributed by atoms with Gasteiger partial charge >= 0.3 is 0 Å². The molecule has 2 rings (SSSR count). The first-order valence-electron chi connectivity index (χ1n) is 7.29. The fraction of sp³-hybridized carbons (Fsp3) is 0.846. The molecule has 1 saturated heterocycles. The standard InChI is InChI=1S/C13H25N3O2S/c1-2-14-12-13-8-4-7-11-16(13)19(17,18)15-9-5-3-6-10-15/h3,5,13-14H,2,4,6-12H2,1H3. The number of likely N-dealkylation sites (N-methyl/N-ethyl adjacent to an activating group) is 1. The van der Waals surface area contributed by atoms with Crippen molar-refractivity contribution in [3.8, 4) is 0 Å². The first kappa shape index (κ1) is 15.0. The Balaban J connectivity index is 2.09. The van der Waals surface area contributed by atoms with Crippen LogP contribution < -0.4 is 5.32 Å². The minimum absolute atomic E-state index is 0.115. The van der Waals surface area contributed by atoms with Gasteiger partial charge in [0, 0.05) is 32.2 Å². The number of hydrogen-bond acceptors (Lipinski definition) is 3. The van der Waals surface area contributed by atoms with E-state index < -0.39 is 10.2 Å². The summed E-state index contributed by atoms with van der Waals surface area (Å²) in [7, 11) is -3.29. The molecule has 0 radical (unpaired) electrons. The molecule has 0 aromatic rings. The van der Waals surface area contributed by atoms with Crippen molar-refractivity contribution >= 4 is 10.2 Å². The molecular formula is C13H25N3O2S. The quantitative estimate of drug-likeness (QED) is 0.766. The van der Waals surface area contributed by atoms with Gasteiger partial charge in [0.25, 0.3) is 10.2 Å². The average molecular weight is 287 g/mol. The average Bonchev–Trinajstić information content (AvgIpc) is 2.46. The van der Waals surface area contributed by atoms with E-state index in [2.05, 4.69) is 18.3 Å². The van der Waals surface area contributed by atoms with Crippen molar-refractivity contribution in [2.45, 2.75) is 38.6 Å². The number of nitrogens with zero attached hydrogens (tertiary/aromatic N) is 2. The summed E-state index contributed by atoms with van der Waals surface area (Å²) in [4.78, 5) is 0. The van der Waals surface area contributed by atoms with Crippen LogP contribution in [0.4, 0.5) is 0 Å². The number of hydrogen-bond donors (Lipinski definition) is 1. The molecule has 1 N–H and O–H groups in total. The van der Waals surface area contributed by atoms with Crippen LogP contribution in [0.15, 0.2) is 12.2 Å². The summed E-state index contributed by atoms with van der Waals surface area (Å²) < 4.78 is 28.7. The van der Waals surface area contributed by atoms with Crippen LogP contribution in [0.1, 0.15) is 32.6 Å². The fourth-order valence-electron chi connectivity index (χ4n) is 2.77. The van der Waals surface area contributed by atoms with Crippen molar-refractivity contribution in [2.75, 3.05) is 32.7 Å². The van der Waals surface area contributed by atoms with Crippen LogP contribution in [-0.2, 0) is 10.2 Å². The van der Waals surface area contributed by atoms with Gasteiger partial charge in [-0.05, 0) is 25.8 Å². The summed E-state index contributed by atoms with van der Waals surface area (Å²) in [5, 5.41) is 3.28. The maximum atomic E-state index is 12.7. The Bertz CT molecular complexity index is 408. The fourth-order valence-corrected chi connectivity index (χ4v) is 4.59. The van der Waals surface area contributed by atoms with Gasteiger partial charge in [0.2, 0.25) is 0 Å². The molecule has 110 valence electrons. The van der Waals surface area contributed by atoms with Crippen molar-refractivity contribution in [3.63, 3.8) is 0 Å². The highest BCUT2D eigenvalue weighted by Crippen LogP contribution is 2.23. The van der Waals surface area contributed by atoms with E-state index in [1.165, 1.54) is 0 Å². The summed E-state index contributed by atoms with van der Waals surface area (Å²) in [5.41, 5.74) is 0. The lowest BCUT2D eigenvalue weighted by molar-refractivity contribution is 0.228. The largest absolute Gasteiger partial charge is 0.315 e. The highest BCUT2D eigenvalue weighted by molar-refractivity contribution is 7.86. The van der Waals surface area contributed by atoms with Gasteiger partial charge in [-0.15, -0.1) is 0 Å². The molecule has 2 aliphatic heterocycles. The summed E-state index contributed by atoms with van der Waals surface area (Å²) in [5.74, 6) is 0. The highest BCUT2D eigenvalue weighted by Gasteiger charge is 2.35. The van der Waals surface area contributed by atoms with Gasteiger partial charge < -0.3 is 5.32 Å². The molecular weight excluding hydrogens is 262 g/mol. The summed E-state index contributed by atoms with van der Waals surface area (Å²) in [6, 6.07) is 0.115. The van der Waals surface area contributed by atoms with Crippen molar-refractivity contribution in [3.05, 3.63) is 12.2 Å². The predicted octanol–water partition coefficient (Wildman–Crippen LogP) is 0.957. The van der Waals surface area contributed by atoms with Crippen molar-refractivity contribution < 1.29 is 8.42 Å². The van der Waals surface area contributed by atoms with Gasteiger partial charge in [-0.25, -0.2) is 0 Å². The molecule has 6 heteroatoms. The van der Waals surface area contributed by atoms with Gasteiger partial charge in [0.05, 0.1) is 0 Å². The zero-order valence-corrected chi connectivity index (χ0v) is 12.5. The lowest BCUT2D eigenvalue weighted by Gasteiger charge is -2.38. The SMILES string of the molecule is CCNCC1CCCCN1S(=O)(=O)N1CC=CCC1. The molecule has 0 aromatic carbocycles. The predicted molar refractivity (Wildman–Crippen MR) is 77.1 cm³/mol. The van der Waals surface area contributed by atoms with Gasteiger partial charge in [-0.2, -0.15) is 17.0 Å². The second kappa shape index (κ2) is 6.83. The van der Waals surface area contributed by atoms with Crippen LogP contribution in [0, 0.1) is 0 Å². The molecule has 0 bridgehead atoms. The van der Waals surface area contributed by atoms with Gasteiger partial charge in [-0.1, -0.05) is 25.5 Å². The normalized spacial score (nSPS) is 26.7. The molecule has 0 aromatic heterocycles. The van der Waals surface area contributed by atoms with Crippen molar-refractivity contribution in [1.82, 2.24) is 13.9 Å². The smallest absolute Gasteiger partial charge is 0.282 e. The van der Waals surface area contributed by atoms with Crippen LogP contribution in [0.2, 0.25) is 0 Å². The number of piperidine rings is 1. The topological polar surface area (TPSA) is 52.7 Å². The summed E-state index contributed by atoms with van der Waals surface area (Å²) in [6.45, 7) is 5.50. The molecule has 0 spiro atoms. The zero-order valence-electron chi connectivity index (χ0n) is 11.7. The Labute approximate surface area is 116 Å². The van der Waals surface area contributed by atoms with Crippen LogP contribution in [-0.4, -0.2) is 55.8 Å². The zero-order chi connectivity index (χ0) is 13.7. The van der Waals surface area contributed by atoms with E-state index in [0.29, 0.717) is 19.6 Å². The van der Waals surface area contributed by atoms with E-state index in [1.807, 2.05) is 6.08 Å². The summed E-state index contributed by atoms with van der Waals surface area (Å²) >= 11 is 0. The summed E-state index contributed by atoms with van der Waals surface area (Å²) in [6.07, 6.45) is 7.90. The van der Waals surface area contributed by atoms with E-state index in [4.69, 9.17) is 0 Å². The third kappa shape index (κ3) is 3.56. The molecule has 1 atom stereocenters. The number of nitrogens with one attached hydrogen (secondary N) is 1. The molecule has 2 aliphatic rings. The van der Waals surface area contributed by atoms with E-state index >= 15 is 0 Å². The number of rotatable bonds is 5. The van der Waals surface area contributed by atoms with E-state index in [0.717, 1.165) is 38.8 Å². The molecule has 1 fully saturated rings. The van der Waals surface area contributed by atoms with Crippen molar-refractivity contribution in [2.24, 2.45) is 0 Å². The molecule has 2 heterocycles. The Kier molecular flexibility index (Phi) is 5.38. The lowest BCUT2D eigenvalue weighted by atomic mass is 10.1. The van der Waals surface area contributed by atoms with Crippen LogP contribution in [0.25, 0.3) is 0 Å². The second-order valence-corrected chi connectivity index (χ2v) is 7.07. The Morgan fingerprint density at radius 2 is 2.11 bits per heavy atom. The Morgan fingerprint density at radius 1 is 1.26 bits per heavy atom. The van der Waals surface area contributed by atoms with Crippen molar-refractivity contribution in [1.29, 1.82) is 0 Å². The first-order valence-corrected chi connectivity index (χ1v) is 8.68. The van der Waals surface area contributed by atoms with Crippen LogP contribution in [0.3, 0.4) is 0 Å². The van der Waals surface area contributed by atoms with E-state index in [-0.39, 0.29) is 6.04 Å². The van der Waals surface area contributed by atoms with E-state index in [1.54, 1.807) is 8.61 Å². The minimum atomic E-state index is -3.29. The minimum Gasteiger partial charge on any atom is -0.315 e. The monoisotopic (exact) mass is 287 g/mol. The highest BCUT2D eigenvalue weighted by atomic mass is 32.2. The second-order valence-electron chi connectivity index (χ2n) is 5.19.